The van der Waals surface area contributed by atoms with Crippen molar-refractivity contribution >= 4 is 39.4 Å². The Morgan fingerprint density at radius 1 is 1.03 bits per heavy atom. The molecule has 2 aromatic heterocycles. The molecule has 176 valence electrons. The molecule has 2 heterocycles. The monoisotopic (exact) mass is 465 g/mol. The smallest absolute Gasteiger partial charge is 0.226 e. The lowest BCUT2D eigenvalue weighted by molar-refractivity contribution is -0.121. The SMILES string of the molecule is CC(C)(C)C(/N=C(\NC#N)Nc1cccc2ncccc12)NC(=O)Cc1ccc2ncccc2c1. The van der Waals surface area contributed by atoms with E-state index in [4.69, 9.17) is 0 Å². The fourth-order valence-electron chi connectivity index (χ4n) is 3.68. The Kier molecular flexibility index (Phi) is 6.88. The molecule has 0 saturated carbocycles. The quantitative estimate of drug-likeness (QED) is 0.175. The molecule has 0 aliphatic carbocycles. The first-order valence-corrected chi connectivity index (χ1v) is 11.3. The van der Waals surface area contributed by atoms with Crippen molar-refractivity contribution in [2.45, 2.75) is 33.4 Å². The van der Waals surface area contributed by atoms with Gasteiger partial charge < -0.3 is 10.6 Å². The molecule has 1 atom stereocenters. The Labute approximate surface area is 204 Å². The normalized spacial score (nSPS) is 12.7. The van der Waals surface area contributed by atoms with Crippen molar-refractivity contribution in [3.63, 3.8) is 0 Å². The van der Waals surface area contributed by atoms with Crippen molar-refractivity contribution in [1.29, 1.82) is 5.26 Å². The number of nitrogens with zero attached hydrogens (tertiary/aromatic N) is 4. The first kappa shape index (κ1) is 23.6. The van der Waals surface area contributed by atoms with E-state index in [-0.39, 0.29) is 18.3 Å². The number of benzene rings is 2. The molecule has 2 aromatic carbocycles. The van der Waals surface area contributed by atoms with Crippen molar-refractivity contribution < 1.29 is 4.79 Å². The fourth-order valence-corrected chi connectivity index (χ4v) is 3.68. The minimum absolute atomic E-state index is 0.164. The summed E-state index contributed by atoms with van der Waals surface area (Å²) in [5.41, 5.74) is 2.93. The van der Waals surface area contributed by atoms with Gasteiger partial charge in [0.2, 0.25) is 11.9 Å². The van der Waals surface area contributed by atoms with Crippen LogP contribution in [0.2, 0.25) is 0 Å². The topological polar surface area (TPSA) is 115 Å². The molecule has 3 N–H and O–H groups in total. The van der Waals surface area contributed by atoms with Crippen LogP contribution < -0.4 is 16.0 Å². The highest BCUT2D eigenvalue weighted by Gasteiger charge is 2.27. The Bertz CT molecular complexity index is 1430. The fraction of sp³-hybridized carbons (Fsp3) is 0.222. The van der Waals surface area contributed by atoms with Crippen LogP contribution in [0.4, 0.5) is 5.69 Å². The molecular formula is C27H27N7O. The zero-order chi connectivity index (χ0) is 24.8. The summed E-state index contributed by atoms with van der Waals surface area (Å²) in [5, 5.41) is 20.0. The van der Waals surface area contributed by atoms with E-state index in [0.29, 0.717) is 0 Å². The minimum atomic E-state index is -0.589. The molecule has 0 bridgehead atoms. The first-order chi connectivity index (χ1) is 16.8. The molecule has 4 rings (SSSR count). The summed E-state index contributed by atoms with van der Waals surface area (Å²) in [7, 11) is 0. The van der Waals surface area contributed by atoms with Crippen molar-refractivity contribution in [2.24, 2.45) is 10.4 Å². The van der Waals surface area contributed by atoms with Crippen LogP contribution >= 0.6 is 0 Å². The highest BCUT2D eigenvalue weighted by molar-refractivity contribution is 6.02. The predicted molar refractivity (Wildman–Crippen MR) is 138 cm³/mol. The van der Waals surface area contributed by atoms with Gasteiger partial charge in [-0.25, -0.2) is 4.99 Å². The van der Waals surface area contributed by atoms with E-state index in [1.165, 1.54) is 0 Å². The maximum absolute atomic E-state index is 13.0. The van der Waals surface area contributed by atoms with Crippen LogP contribution in [0.1, 0.15) is 26.3 Å². The standard InChI is InChI=1S/C27H27N7O/c1-27(2,3)25(33-24(35)16-18-11-12-21-19(15-18)7-5-13-29-21)34-26(31-17-28)32-23-10-4-9-22-20(23)8-6-14-30-22/h4-15,25H,16H2,1-3H3,(H,33,35)(H2,31,32,34). The van der Waals surface area contributed by atoms with E-state index in [0.717, 1.165) is 33.1 Å². The molecule has 0 spiro atoms. The van der Waals surface area contributed by atoms with Gasteiger partial charge in [0.05, 0.1) is 23.1 Å². The molecule has 1 unspecified atom stereocenters. The first-order valence-electron chi connectivity index (χ1n) is 11.3. The van der Waals surface area contributed by atoms with Crippen molar-refractivity contribution in [3.05, 3.63) is 78.6 Å². The Hall–Kier alpha value is -4.51. The second kappa shape index (κ2) is 10.2. The third kappa shape index (κ3) is 5.89. The van der Waals surface area contributed by atoms with Crippen molar-refractivity contribution in [3.8, 4) is 6.19 Å². The highest BCUT2D eigenvalue weighted by Crippen LogP contribution is 2.23. The maximum atomic E-state index is 13.0. The van der Waals surface area contributed by atoms with Crippen molar-refractivity contribution in [2.75, 3.05) is 5.32 Å². The van der Waals surface area contributed by atoms with Crippen LogP contribution in [0.15, 0.2) is 78.0 Å². The maximum Gasteiger partial charge on any atom is 0.226 e. The van der Waals surface area contributed by atoms with Gasteiger partial charge in [-0.3, -0.25) is 20.1 Å². The van der Waals surface area contributed by atoms with E-state index in [2.05, 4.69) is 30.9 Å². The number of carbonyl (C=O) groups excluding carboxylic acids is 1. The zero-order valence-corrected chi connectivity index (χ0v) is 19.9. The molecule has 4 aromatic rings. The van der Waals surface area contributed by atoms with Gasteiger partial charge in [0.25, 0.3) is 0 Å². The average Bonchev–Trinajstić information content (AvgIpc) is 2.83. The molecule has 0 aliphatic rings. The Morgan fingerprint density at radius 2 is 1.80 bits per heavy atom. The lowest BCUT2D eigenvalue weighted by Crippen LogP contribution is -2.45. The molecule has 0 aliphatic heterocycles. The number of carbonyl (C=O) groups is 1. The number of amides is 1. The second-order valence-electron chi connectivity index (χ2n) is 9.26. The number of aromatic nitrogens is 2. The molecular weight excluding hydrogens is 438 g/mol. The number of pyridine rings is 2. The molecule has 8 nitrogen and oxygen atoms in total. The minimum Gasteiger partial charge on any atom is -0.333 e. The van der Waals surface area contributed by atoms with Crippen molar-refractivity contribution in [1.82, 2.24) is 20.6 Å². The van der Waals surface area contributed by atoms with Gasteiger partial charge in [0.1, 0.15) is 6.17 Å². The Morgan fingerprint density at radius 3 is 2.57 bits per heavy atom. The molecule has 35 heavy (non-hydrogen) atoms. The number of rotatable bonds is 5. The number of hydrogen-bond acceptors (Lipinski definition) is 5. The van der Waals surface area contributed by atoms with Gasteiger partial charge >= 0.3 is 0 Å². The number of anilines is 1. The van der Waals surface area contributed by atoms with Crippen LogP contribution in [-0.2, 0) is 11.2 Å². The summed E-state index contributed by atoms with van der Waals surface area (Å²) in [6.45, 7) is 5.94. The molecule has 0 fully saturated rings. The number of guanidine groups is 1. The Balaban J connectivity index is 1.56. The summed E-state index contributed by atoms with van der Waals surface area (Å²) in [6.07, 6.45) is 5.02. The van der Waals surface area contributed by atoms with E-state index >= 15 is 0 Å². The van der Waals surface area contributed by atoms with E-state index in [9.17, 15) is 10.1 Å². The van der Waals surface area contributed by atoms with Gasteiger partial charge in [-0.15, -0.1) is 0 Å². The highest BCUT2D eigenvalue weighted by atomic mass is 16.1. The van der Waals surface area contributed by atoms with Gasteiger partial charge in [0.15, 0.2) is 6.19 Å². The summed E-state index contributed by atoms with van der Waals surface area (Å²) in [5.74, 6) is 0.0726. The average molecular weight is 466 g/mol. The third-order valence-corrected chi connectivity index (χ3v) is 5.48. The molecule has 8 heteroatoms. The van der Waals surface area contributed by atoms with Gasteiger partial charge in [-0.2, -0.15) is 5.26 Å². The van der Waals surface area contributed by atoms with Crippen LogP contribution in [0.3, 0.4) is 0 Å². The van der Waals surface area contributed by atoms with E-state index in [1.54, 1.807) is 12.4 Å². The molecule has 0 saturated heterocycles. The predicted octanol–water partition coefficient (Wildman–Crippen LogP) is 4.35. The lowest BCUT2D eigenvalue weighted by Gasteiger charge is -2.29. The molecule has 1 amide bonds. The summed E-state index contributed by atoms with van der Waals surface area (Å²) >= 11 is 0. The number of hydrogen-bond donors (Lipinski definition) is 3. The zero-order valence-electron chi connectivity index (χ0n) is 19.9. The van der Waals surface area contributed by atoms with Gasteiger partial charge in [-0.05, 0) is 48.0 Å². The van der Waals surface area contributed by atoms with Crippen LogP contribution in [0, 0.1) is 16.9 Å². The van der Waals surface area contributed by atoms with Gasteiger partial charge in [0, 0.05) is 28.6 Å². The number of aliphatic imine (C=N–C) groups is 1. The third-order valence-electron chi connectivity index (χ3n) is 5.48. The second-order valence-corrected chi connectivity index (χ2v) is 9.26. The summed E-state index contributed by atoms with van der Waals surface area (Å²) in [4.78, 5) is 26.3. The van der Waals surface area contributed by atoms with E-state index in [1.807, 2.05) is 87.6 Å². The van der Waals surface area contributed by atoms with Crippen LogP contribution in [0.5, 0.6) is 0 Å². The summed E-state index contributed by atoms with van der Waals surface area (Å²) < 4.78 is 0. The largest absolute Gasteiger partial charge is 0.333 e. The van der Waals surface area contributed by atoms with Crippen LogP contribution in [0.25, 0.3) is 21.8 Å². The lowest BCUT2D eigenvalue weighted by atomic mass is 9.92. The van der Waals surface area contributed by atoms with Crippen LogP contribution in [-0.4, -0.2) is 28.0 Å². The number of nitrogens with one attached hydrogen (secondary N) is 3. The number of fused-ring (bicyclic) bond motifs is 2. The van der Waals surface area contributed by atoms with E-state index < -0.39 is 11.6 Å². The number of nitriles is 1. The molecule has 0 radical (unpaired) electrons. The summed E-state index contributed by atoms with van der Waals surface area (Å²) in [6, 6.07) is 19.1. The van der Waals surface area contributed by atoms with Gasteiger partial charge in [-0.1, -0.05) is 39.0 Å².